The van der Waals surface area contributed by atoms with Gasteiger partial charge in [-0.3, -0.25) is 4.90 Å². The van der Waals surface area contributed by atoms with Gasteiger partial charge >= 0.3 is 0 Å². The van der Waals surface area contributed by atoms with Gasteiger partial charge < -0.3 is 9.64 Å². The summed E-state index contributed by atoms with van der Waals surface area (Å²) >= 11 is 0. The number of para-hydroxylation sites is 1. The van der Waals surface area contributed by atoms with Crippen molar-refractivity contribution in [2.24, 2.45) is 0 Å². The lowest BCUT2D eigenvalue weighted by molar-refractivity contribution is -0.0659. The molecule has 0 spiro atoms. The molecule has 1 aliphatic heterocycles. The van der Waals surface area contributed by atoms with E-state index >= 15 is 0 Å². The van der Waals surface area contributed by atoms with Crippen molar-refractivity contribution in [2.45, 2.75) is 79.1 Å². The van der Waals surface area contributed by atoms with Gasteiger partial charge in [0.2, 0.25) is 0 Å². The fraction of sp³-hybridized carbons (Fsp3) is 0.714. The van der Waals surface area contributed by atoms with E-state index in [-0.39, 0.29) is 11.9 Å². The average Bonchev–Trinajstić information content (AvgIpc) is 2.90. The summed E-state index contributed by atoms with van der Waals surface area (Å²) in [5, 5.41) is 0. The van der Waals surface area contributed by atoms with Crippen LogP contribution in [0.3, 0.4) is 0 Å². The highest BCUT2D eigenvalue weighted by atomic mass is 16.5. The molecule has 3 heteroatoms. The van der Waals surface area contributed by atoms with Crippen LogP contribution in [0.4, 0.5) is 5.69 Å². The lowest BCUT2D eigenvalue weighted by Crippen LogP contribution is -2.50. The largest absolute Gasteiger partial charge is 0.345 e. The first-order chi connectivity index (χ1) is 11.2. The Bertz CT molecular complexity index is 519. The molecule has 1 heterocycles. The van der Waals surface area contributed by atoms with Crippen LogP contribution in [-0.2, 0) is 4.74 Å². The SMILES string of the molecule is CCOC1N(c2c(C(C)C)cccc2C(C)C)CCN1C(C)(C)C. The maximum atomic E-state index is 6.23. The highest BCUT2D eigenvalue weighted by molar-refractivity contribution is 5.63. The van der Waals surface area contributed by atoms with E-state index in [0.29, 0.717) is 11.8 Å². The van der Waals surface area contributed by atoms with Gasteiger partial charge in [-0.15, -0.1) is 0 Å². The maximum Gasteiger partial charge on any atom is 0.189 e. The number of anilines is 1. The molecule has 0 radical (unpaired) electrons. The molecule has 0 N–H and O–H groups in total. The molecule has 0 bridgehead atoms. The molecule has 3 nitrogen and oxygen atoms in total. The molecule has 136 valence electrons. The predicted octanol–water partition coefficient (Wildman–Crippen LogP) is 5.17. The number of hydrogen-bond acceptors (Lipinski definition) is 3. The van der Waals surface area contributed by atoms with Crippen LogP contribution in [-0.4, -0.2) is 36.5 Å². The van der Waals surface area contributed by atoms with Gasteiger partial charge in [0, 0.05) is 30.9 Å². The Hall–Kier alpha value is -1.06. The van der Waals surface area contributed by atoms with Gasteiger partial charge in [-0.25, -0.2) is 0 Å². The zero-order valence-corrected chi connectivity index (χ0v) is 16.9. The normalized spacial score (nSPS) is 19.8. The second-order valence-electron chi connectivity index (χ2n) is 8.43. The number of ether oxygens (including phenoxy) is 1. The number of hydrogen-bond donors (Lipinski definition) is 0. The third-order valence-electron chi connectivity index (χ3n) is 4.92. The van der Waals surface area contributed by atoms with Crippen LogP contribution in [0.1, 0.15) is 78.4 Å². The Balaban J connectivity index is 2.53. The zero-order chi connectivity index (χ0) is 18.1. The van der Waals surface area contributed by atoms with E-state index in [0.717, 1.165) is 19.7 Å². The summed E-state index contributed by atoms with van der Waals surface area (Å²) in [6.07, 6.45) is 0.0207. The smallest absolute Gasteiger partial charge is 0.189 e. The van der Waals surface area contributed by atoms with Crippen molar-refractivity contribution in [2.75, 3.05) is 24.6 Å². The zero-order valence-electron chi connectivity index (χ0n) is 16.9. The van der Waals surface area contributed by atoms with Crippen molar-refractivity contribution in [3.8, 4) is 0 Å². The first kappa shape index (κ1) is 19.3. The van der Waals surface area contributed by atoms with Crippen molar-refractivity contribution in [1.29, 1.82) is 0 Å². The molecule has 24 heavy (non-hydrogen) atoms. The number of rotatable bonds is 5. The Morgan fingerprint density at radius 2 is 1.58 bits per heavy atom. The van der Waals surface area contributed by atoms with Crippen LogP contribution in [0.2, 0.25) is 0 Å². The quantitative estimate of drug-likeness (QED) is 0.739. The summed E-state index contributed by atoms with van der Waals surface area (Å²) in [6.45, 7) is 20.9. The molecule has 1 atom stereocenters. The average molecular weight is 333 g/mol. The Morgan fingerprint density at radius 3 is 2.00 bits per heavy atom. The van der Waals surface area contributed by atoms with Gasteiger partial charge in [0.1, 0.15) is 0 Å². The minimum atomic E-state index is 0.0207. The van der Waals surface area contributed by atoms with Gasteiger partial charge in [-0.1, -0.05) is 45.9 Å². The van der Waals surface area contributed by atoms with Gasteiger partial charge in [0.05, 0.1) is 0 Å². The second-order valence-corrected chi connectivity index (χ2v) is 8.43. The highest BCUT2D eigenvalue weighted by Crippen LogP contribution is 2.39. The first-order valence-electron chi connectivity index (χ1n) is 9.46. The predicted molar refractivity (Wildman–Crippen MR) is 104 cm³/mol. The van der Waals surface area contributed by atoms with E-state index in [1.165, 1.54) is 16.8 Å². The molecule has 0 amide bonds. The molecule has 0 aromatic heterocycles. The Labute approximate surface area is 149 Å². The molecule has 2 rings (SSSR count). The fourth-order valence-electron chi connectivity index (χ4n) is 3.67. The Kier molecular flexibility index (Phi) is 5.98. The monoisotopic (exact) mass is 332 g/mol. The molecule has 0 aliphatic carbocycles. The lowest BCUT2D eigenvalue weighted by atomic mass is 9.92. The van der Waals surface area contributed by atoms with Crippen LogP contribution >= 0.6 is 0 Å². The molecular formula is C21H36N2O. The third-order valence-corrected chi connectivity index (χ3v) is 4.92. The van der Waals surface area contributed by atoms with E-state index in [2.05, 4.69) is 83.4 Å². The standard InChI is InChI=1S/C21H36N2O/c1-9-24-20-22(13-14-23(20)21(6,7)8)19-17(15(2)3)11-10-12-18(19)16(4)5/h10-12,15-16,20H,9,13-14H2,1-8H3. The van der Waals surface area contributed by atoms with Crippen molar-refractivity contribution < 1.29 is 4.74 Å². The molecule has 0 saturated carbocycles. The fourth-order valence-corrected chi connectivity index (χ4v) is 3.67. The van der Waals surface area contributed by atoms with Crippen molar-refractivity contribution in [3.05, 3.63) is 29.3 Å². The van der Waals surface area contributed by atoms with Crippen LogP contribution in [0, 0.1) is 0 Å². The van der Waals surface area contributed by atoms with Crippen molar-refractivity contribution >= 4 is 5.69 Å². The molecule has 1 fully saturated rings. The number of nitrogens with zero attached hydrogens (tertiary/aromatic N) is 2. The third kappa shape index (κ3) is 3.78. The molecule has 1 saturated heterocycles. The highest BCUT2D eigenvalue weighted by Gasteiger charge is 2.40. The maximum absolute atomic E-state index is 6.23. The number of benzene rings is 1. The molecule has 1 aromatic rings. The van der Waals surface area contributed by atoms with Gasteiger partial charge in [0.15, 0.2) is 6.35 Å². The van der Waals surface area contributed by atoms with Gasteiger partial charge in [-0.05, 0) is 50.7 Å². The summed E-state index contributed by atoms with van der Waals surface area (Å²) in [5.41, 5.74) is 4.36. The van der Waals surface area contributed by atoms with Crippen LogP contribution in [0.15, 0.2) is 18.2 Å². The topological polar surface area (TPSA) is 15.7 Å². The minimum absolute atomic E-state index is 0.0207. The van der Waals surface area contributed by atoms with E-state index in [9.17, 15) is 0 Å². The van der Waals surface area contributed by atoms with Crippen molar-refractivity contribution in [1.82, 2.24) is 4.90 Å². The van der Waals surface area contributed by atoms with E-state index in [1.807, 2.05) is 0 Å². The summed E-state index contributed by atoms with van der Waals surface area (Å²) < 4.78 is 6.23. The van der Waals surface area contributed by atoms with Crippen molar-refractivity contribution in [3.63, 3.8) is 0 Å². The summed E-state index contributed by atoms with van der Waals surface area (Å²) in [7, 11) is 0. The van der Waals surface area contributed by atoms with E-state index in [1.54, 1.807) is 0 Å². The molecule has 1 aromatic carbocycles. The summed E-state index contributed by atoms with van der Waals surface area (Å²) in [4.78, 5) is 4.98. The lowest BCUT2D eigenvalue weighted by Gasteiger charge is -2.40. The second kappa shape index (κ2) is 7.45. The molecule has 1 aliphatic rings. The van der Waals surface area contributed by atoms with Gasteiger partial charge in [-0.2, -0.15) is 0 Å². The molecular weight excluding hydrogens is 296 g/mol. The van der Waals surface area contributed by atoms with Crippen LogP contribution in [0.25, 0.3) is 0 Å². The van der Waals surface area contributed by atoms with Crippen LogP contribution in [0.5, 0.6) is 0 Å². The summed E-state index contributed by atoms with van der Waals surface area (Å²) in [6, 6.07) is 6.78. The molecule has 1 unspecified atom stereocenters. The van der Waals surface area contributed by atoms with E-state index < -0.39 is 0 Å². The first-order valence-corrected chi connectivity index (χ1v) is 9.46. The minimum Gasteiger partial charge on any atom is -0.345 e. The van der Waals surface area contributed by atoms with Gasteiger partial charge in [0.25, 0.3) is 0 Å². The Morgan fingerprint density at radius 1 is 1.04 bits per heavy atom. The van der Waals surface area contributed by atoms with E-state index in [4.69, 9.17) is 4.74 Å². The summed E-state index contributed by atoms with van der Waals surface area (Å²) in [5.74, 6) is 1.01. The van der Waals surface area contributed by atoms with Crippen LogP contribution < -0.4 is 4.90 Å².